The van der Waals surface area contributed by atoms with Gasteiger partial charge in [-0.05, 0) is 44.4 Å². The molecule has 0 bridgehead atoms. The van der Waals surface area contributed by atoms with Gasteiger partial charge in [0.05, 0.1) is 18.2 Å². The zero-order valence-corrected chi connectivity index (χ0v) is 19.5. The molecule has 0 saturated carbocycles. The smallest absolute Gasteiger partial charge is 0.223 e. The number of nitrogens with two attached hydrogens (primary N) is 1. The summed E-state index contributed by atoms with van der Waals surface area (Å²) in [5.74, 6) is 6.90. The lowest BCUT2D eigenvalue weighted by molar-refractivity contribution is -0.639. The molecule has 0 radical (unpaired) electrons. The number of pyridine rings is 1. The van der Waals surface area contributed by atoms with Gasteiger partial charge in [0, 0.05) is 24.1 Å². The maximum atomic E-state index is 12.8. The van der Waals surface area contributed by atoms with Gasteiger partial charge >= 0.3 is 0 Å². The first-order valence-corrected chi connectivity index (χ1v) is 10.4. The molecular weight excluding hydrogens is 470 g/mol. The number of carbonyl (C=O) groups is 1. The van der Waals surface area contributed by atoms with Crippen molar-refractivity contribution in [2.75, 3.05) is 12.4 Å². The molecule has 0 spiro atoms. The number of nitrogen functional groups attached to an aromatic ring is 1. The lowest BCUT2D eigenvalue weighted by Crippen LogP contribution is -3.00. The Morgan fingerprint density at radius 2 is 2.00 bits per heavy atom. The molecule has 2 N–H and O–H groups in total. The standard InChI is InChI=1S/C22H27ClN3O3.BrH/c1-22(2)21(28-14-15-6-8-16(23)9-7-15)20(26-11-4-3-5-19(26)27)17-13-25(24)12-10-18(17)29-22;/h6-10,12-13,20-21H,3-5,11,14,24H2,1-2H3;1H/q+1;/p-1/t20-,21+;/m0./s1. The molecule has 162 valence electrons. The van der Waals surface area contributed by atoms with Gasteiger partial charge in [-0.3, -0.25) is 4.79 Å². The van der Waals surface area contributed by atoms with E-state index in [0.717, 1.165) is 29.7 Å². The molecule has 8 heteroatoms. The van der Waals surface area contributed by atoms with Gasteiger partial charge in [-0.25, -0.2) is 5.84 Å². The number of piperidine rings is 1. The lowest BCUT2D eigenvalue weighted by Gasteiger charge is -2.48. The van der Waals surface area contributed by atoms with Crippen molar-refractivity contribution >= 4 is 17.5 Å². The van der Waals surface area contributed by atoms with E-state index in [4.69, 9.17) is 26.9 Å². The molecule has 0 aliphatic carbocycles. The monoisotopic (exact) mass is 495 g/mol. The first kappa shape index (κ1) is 22.8. The number of ether oxygens (including phenoxy) is 2. The van der Waals surface area contributed by atoms with Gasteiger partial charge in [0.1, 0.15) is 17.5 Å². The molecule has 2 aliphatic rings. The van der Waals surface area contributed by atoms with E-state index in [-0.39, 0.29) is 35.0 Å². The summed E-state index contributed by atoms with van der Waals surface area (Å²) < 4.78 is 14.2. The quantitative estimate of drug-likeness (QED) is 0.484. The Morgan fingerprint density at radius 3 is 2.70 bits per heavy atom. The highest BCUT2D eigenvalue weighted by atomic mass is 79.9. The van der Waals surface area contributed by atoms with E-state index in [9.17, 15) is 4.79 Å². The van der Waals surface area contributed by atoms with Crippen molar-refractivity contribution in [3.05, 3.63) is 58.9 Å². The van der Waals surface area contributed by atoms with Gasteiger partial charge < -0.3 is 31.4 Å². The lowest BCUT2D eigenvalue weighted by atomic mass is 9.85. The fraction of sp³-hybridized carbons (Fsp3) is 0.455. The van der Waals surface area contributed by atoms with Crippen LogP contribution in [0.25, 0.3) is 0 Å². The van der Waals surface area contributed by atoms with Crippen LogP contribution in [-0.4, -0.2) is 29.1 Å². The average molecular weight is 497 g/mol. The van der Waals surface area contributed by atoms with Crippen molar-refractivity contribution in [3.63, 3.8) is 0 Å². The fourth-order valence-corrected chi connectivity index (χ4v) is 4.35. The van der Waals surface area contributed by atoms with Crippen LogP contribution in [0.4, 0.5) is 0 Å². The number of hydrogen-bond acceptors (Lipinski definition) is 4. The number of hydrogen-bond donors (Lipinski definition) is 1. The van der Waals surface area contributed by atoms with Gasteiger partial charge in [-0.15, -0.1) is 0 Å². The molecule has 3 heterocycles. The van der Waals surface area contributed by atoms with E-state index in [2.05, 4.69) is 0 Å². The first-order valence-electron chi connectivity index (χ1n) is 10.00. The third-order valence-electron chi connectivity index (χ3n) is 5.67. The topological polar surface area (TPSA) is 68.7 Å². The number of likely N-dealkylation sites (tertiary alicyclic amines) is 1. The molecule has 0 unspecified atom stereocenters. The highest BCUT2D eigenvalue weighted by Gasteiger charge is 2.49. The van der Waals surface area contributed by atoms with Gasteiger partial charge in [0.2, 0.25) is 18.3 Å². The molecule has 1 fully saturated rings. The largest absolute Gasteiger partial charge is 1.00 e. The van der Waals surface area contributed by atoms with Crippen molar-refractivity contribution in [2.24, 2.45) is 0 Å². The van der Waals surface area contributed by atoms with Crippen molar-refractivity contribution in [1.29, 1.82) is 0 Å². The molecule has 2 aliphatic heterocycles. The SMILES string of the molecule is CC1(C)Oc2cc[n+](N)cc2[C@H](N2CCCCC2=O)[C@H]1OCc1ccc(Cl)cc1.[Br-]. The van der Waals surface area contributed by atoms with E-state index in [1.54, 1.807) is 6.20 Å². The minimum absolute atomic E-state index is 0. The number of nitrogens with zero attached hydrogens (tertiary/aromatic N) is 2. The second kappa shape index (κ2) is 9.12. The summed E-state index contributed by atoms with van der Waals surface area (Å²) >= 11 is 6.00. The third-order valence-corrected chi connectivity index (χ3v) is 5.92. The molecule has 1 amide bonds. The van der Waals surface area contributed by atoms with E-state index < -0.39 is 5.60 Å². The van der Waals surface area contributed by atoms with Crippen LogP contribution in [0.2, 0.25) is 5.02 Å². The van der Waals surface area contributed by atoms with Crippen LogP contribution < -0.4 is 32.2 Å². The van der Waals surface area contributed by atoms with Crippen LogP contribution in [0.3, 0.4) is 0 Å². The van der Waals surface area contributed by atoms with Crippen LogP contribution >= 0.6 is 11.6 Å². The molecule has 6 nitrogen and oxygen atoms in total. The van der Waals surface area contributed by atoms with Crippen LogP contribution in [0.5, 0.6) is 5.75 Å². The molecule has 2 atom stereocenters. The van der Waals surface area contributed by atoms with Crippen LogP contribution in [0.1, 0.15) is 50.3 Å². The number of aromatic nitrogens is 1. The van der Waals surface area contributed by atoms with Crippen LogP contribution in [0, 0.1) is 0 Å². The minimum atomic E-state index is -0.622. The normalized spacial score (nSPS) is 22.6. The second-order valence-corrected chi connectivity index (χ2v) is 8.70. The minimum Gasteiger partial charge on any atom is -1.00 e. The Balaban J connectivity index is 0.00000256. The third kappa shape index (κ3) is 4.58. The second-order valence-electron chi connectivity index (χ2n) is 8.26. The summed E-state index contributed by atoms with van der Waals surface area (Å²) in [6.07, 6.45) is 5.70. The Labute approximate surface area is 192 Å². The van der Waals surface area contributed by atoms with Gasteiger partial charge in [-0.1, -0.05) is 28.4 Å². The van der Waals surface area contributed by atoms with E-state index in [0.29, 0.717) is 24.6 Å². The number of fused-ring (bicyclic) bond motifs is 1. The van der Waals surface area contributed by atoms with Crippen molar-refractivity contribution in [3.8, 4) is 5.75 Å². The zero-order chi connectivity index (χ0) is 20.6. The number of amides is 1. The summed E-state index contributed by atoms with van der Waals surface area (Å²) in [5.41, 5.74) is 1.27. The average Bonchev–Trinajstić information content (AvgIpc) is 2.68. The number of rotatable bonds is 4. The number of carbonyl (C=O) groups excluding carboxylic acids is 1. The van der Waals surface area contributed by atoms with E-state index >= 15 is 0 Å². The molecule has 4 rings (SSSR count). The highest BCUT2D eigenvalue weighted by Crippen LogP contribution is 2.44. The number of halogens is 2. The molecular formula is C22H27BrClN3O3. The Kier molecular flexibility index (Phi) is 6.95. The molecule has 1 saturated heterocycles. The van der Waals surface area contributed by atoms with Crippen molar-refractivity contribution in [1.82, 2.24) is 4.90 Å². The summed E-state index contributed by atoms with van der Waals surface area (Å²) in [6.45, 7) is 5.12. The Bertz CT molecular complexity index is 907. The highest BCUT2D eigenvalue weighted by molar-refractivity contribution is 6.30. The molecule has 1 aromatic carbocycles. The van der Waals surface area contributed by atoms with Crippen molar-refractivity contribution < 1.29 is 35.9 Å². The van der Waals surface area contributed by atoms with E-state index in [1.165, 1.54) is 4.68 Å². The molecule has 30 heavy (non-hydrogen) atoms. The maximum absolute atomic E-state index is 12.8. The predicted octanol–water partition coefficient (Wildman–Crippen LogP) is 0.155. The molecule has 1 aromatic heterocycles. The van der Waals surface area contributed by atoms with Gasteiger partial charge in [0.25, 0.3) is 0 Å². The molecule has 2 aromatic rings. The van der Waals surface area contributed by atoms with Crippen LogP contribution in [-0.2, 0) is 16.1 Å². The van der Waals surface area contributed by atoms with Gasteiger partial charge in [-0.2, -0.15) is 0 Å². The predicted molar refractivity (Wildman–Crippen MR) is 110 cm³/mol. The Hall–Kier alpha value is -1.83. The van der Waals surface area contributed by atoms with Gasteiger partial charge in [0.15, 0.2) is 0 Å². The summed E-state index contributed by atoms with van der Waals surface area (Å²) in [6, 6.07) is 9.18. The fourth-order valence-electron chi connectivity index (χ4n) is 4.23. The number of benzene rings is 1. The maximum Gasteiger partial charge on any atom is 0.223 e. The van der Waals surface area contributed by atoms with Crippen molar-refractivity contribution in [2.45, 2.75) is 57.5 Å². The van der Waals surface area contributed by atoms with E-state index in [1.807, 2.05) is 55.3 Å². The zero-order valence-electron chi connectivity index (χ0n) is 17.2. The summed E-state index contributed by atoms with van der Waals surface area (Å²) in [4.78, 5) is 14.8. The first-order chi connectivity index (χ1) is 13.8. The summed E-state index contributed by atoms with van der Waals surface area (Å²) in [7, 11) is 0. The van der Waals surface area contributed by atoms with Crippen LogP contribution in [0.15, 0.2) is 42.7 Å². The Morgan fingerprint density at radius 1 is 1.27 bits per heavy atom. The summed E-state index contributed by atoms with van der Waals surface area (Å²) in [5, 5.41) is 0.688.